The average Bonchev–Trinajstić information content (AvgIpc) is 2.52. The van der Waals surface area contributed by atoms with Gasteiger partial charge in [0.25, 0.3) is 0 Å². The van der Waals surface area contributed by atoms with Crippen LogP contribution in [0.15, 0.2) is 4.99 Å². The second kappa shape index (κ2) is 4.45. The summed E-state index contributed by atoms with van der Waals surface area (Å²) in [6.07, 6.45) is 1.52. The van der Waals surface area contributed by atoms with Crippen LogP contribution in [0.4, 0.5) is 0 Å². The summed E-state index contributed by atoms with van der Waals surface area (Å²) < 4.78 is 28.6. The Morgan fingerprint density at radius 2 is 2.35 bits per heavy atom. The molecule has 17 heavy (non-hydrogen) atoms. The number of nitrogens with zero attached hydrogens (tertiary/aromatic N) is 2. The summed E-state index contributed by atoms with van der Waals surface area (Å²) in [5.74, 6) is 0.889. The van der Waals surface area contributed by atoms with E-state index in [1.807, 2.05) is 4.90 Å². The molecule has 1 saturated heterocycles. The lowest BCUT2D eigenvalue weighted by Gasteiger charge is -2.41. The van der Waals surface area contributed by atoms with Crippen LogP contribution in [-0.4, -0.2) is 63.1 Å². The molecule has 0 bridgehead atoms. The normalized spacial score (nSPS) is 31.8. The molecule has 2 heterocycles. The van der Waals surface area contributed by atoms with Gasteiger partial charge in [0.05, 0.1) is 30.2 Å². The van der Waals surface area contributed by atoms with Crippen LogP contribution in [-0.2, 0) is 14.6 Å². The lowest BCUT2D eigenvalue weighted by atomic mass is 9.94. The Morgan fingerprint density at radius 1 is 1.59 bits per heavy atom. The van der Waals surface area contributed by atoms with Crippen molar-refractivity contribution in [2.75, 3.05) is 38.3 Å². The maximum atomic E-state index is 11.8. The van der Waals surface area contributed by atoms with Crippen LogP contribution in [0.25, 0.3) is 0 Å². The molecule has 2 rings (SSSR count). The van der Waals surface area contributed by atoms with Crippen molar-refractivity contribution in [2.24, 2.45) is 10.7 Å². The van der Waals surface area contributed by atoms with Crippen molar-refractivity contribution in [3.05, 3.63) is 0 Å². The van der Waals surface area contributed by atoms with Crippen molar-refractivity contribution < 1.29 is 13.2 Å². The van der Waals surface area contributed by atoms with Crippen molar-refractivity contribution in [1.29, 1.82) is 0 Å². The molecule has 0 amide bonds. The Bertz CT molecular complexity index is 421. The quantitative estimate of drug-likeness (QED) is 0.719. The van der Waals surface area contributed by atoms with E-state index < -0.39 is 15.4 Å². The number of sulfone groups is 1. The minimum absolute atomic E-state index is 0.161. The predicted octanol–water partition coefficient (Wildman–Crippen LogP) is -0.789. The Morgan fingerprint density at radius 3 is 3.00 bits per heavy atom. The van der Waals surface area contributed by atoms with Crippen LogP contribution in [0.2, 0.25) is 0 Å². The van der Waals surface area contributed by atoms with Crippen LogP contribution in [0.3, 0.4) is 0 Å². The van der Waals surface area contributed by atoms with Gasteiger partial charge in [-0.1, -0.05) is 0 Å². The first-order chi connectivity index (χ1) is 7.99. The van der Waals surface area contributed by atoms with E-state index in [0.717, 1.165) is 6.42 Å². The van der Waals surface area contributed by atoms with Crippen molar-refractivity contribution >= 4 is 15.8 Å². The highest BCUT2D eigenvalue weighted by Crippen LogP contribution is 2.32. The van der Waals surface area contributed by atoms with E-state index in [9.17, 15) is 8.42 Å². The molecule has 1 fully saturated rings. The first-order valence-corrected chi connectivity index (χ1v) is 7.58. The van der Waals surface area contributed by atoms with Crippen LogP contribution >= 0.6 is 0 Å². The highest BCUT2D eigenvalue weighted by atomic mass is 32.2. The van der Waals surface area contributed by atoms with E-state index >= 15 is 0 Å². The second-order valence-electron chi connectivity index (χ2n) is 4.74. The lowest BCUT2D eigenvalue weighted by Crippen LogP contribution is -2.58. The van der Waals surface area contributed by atoms with Crippen LogP contribution in [0.1, 0.15) is 12.8 Å². The molecular formula is C10H19N3O3S. The Kier molecular flexibility index (Phi) is 3.31. The molecule has 1 unspecified atom stereocenters. The summed E-state index contributed by atoms with van der Waals surface area (Å²) in [5.41, 5.74) is 5.42. The molecule has 1 atom stereocenters. The number of guanidine groups is 1. The number of ether oxygens (including phenoxy) is 1. The molecule has 0 aromatic rings. The van der Waals surface area contributed by atoms with Crippen molar-refractivity contribution in [2.45, 2.75) is 18.4 Å². The van der Waals surface area contributed by atoms with Gasteiger partial charge in [-0.15, -0.1) is 0 Å². The molecule has 1 spiro atoms. The van der Waals surface area contributed by atoms with E-state index in [0.29, 0.717) is 32.1 Å². The SMILES string of the molecule is COCCN1C(N)=NCC12CCCS(=O)(=O)C2. The third kappa shape index (κ3) is 2.40. The highest BCUT2D eigenvalue weighted by Gasteiger charge is 2.47. The molecule has 0 radical (unpaired) electrons. The standard InChI is InChI=1S/C10H19N3O3S/c1-16-5-4-13-9(11)12-7-10(13)3-2-6-17(14,15)8-10/h2-8H2,1H3,(H2,11,12). The van der Waals surface area contributed by atoms with Gasteiger partial charge >= 0.3 is 0 Å². The zero-order chi connectivity index (χ0) is 12.5. The highest BCUT2D eigenvalue weighted by molar-refractivity contribution is 7.91. The number of hydrogen-bond acceptors (Lipinski definition) is 6. The minimum Gasteiger partial charge on any atom is -0.383 e. The van der Waals surface area contributed by atoms with Gasteiger partial charge in [0.15, 0.2) is 15.8 Å². The molecule has 2 aliphatic rings. The zero-order valence-corrected chi connectivity index (χ0v) is 10.9. The molecule has 6 nitrogen and oxygen atoms in total. The van der Waals surface area contributed by atoms with E-state index in [2.05, 4.69) is 4.99 Å². The van der Waals surface area contributed by atoms with Gasteiger partial charge in [-0.25, -0.2) is 8.42 Å². The van der Waals surface area contributed by atoms with Crippen LogP contribution < -0.4 is 5.73 Å². The average molecular weight is 261 g/mol. The lowest BCUT2D eigenvalue weighted by molar-refractivity contribution is 0.131. The van der Waals surface area contributed by atoms with Gasteiger partial charge in [-0.05, 0) is 12.8 Å². The third-order valence-electron chi connectivity index (χ3n) is 3.49. The molecule has 0 aliphatic carbocycles. The van der Waals surface area contributed by atoms with E-state index in [4.69, 9.17) is 10.5 Å². The number of methoxy groups -OCH3 is 1. The monoisotopic (exact) mass is 261 g/mol. The molecule has 0 aromatic heterocycles. The van der Waals surface area contributed by atoms with Crippen molar-refractivity contribution in [3.8, 4) is 0 Å². The van der Waals surface area contributed by atoms with Gasteiger partial charge in [-0.3, -0.25) is 4.99 Å². The fourth-order valence-electron chi connectivity index (χ4n) is 2.69. The Hall–Kier alpha value is -0.820. The molecule has 0 saturated carbocycles. The van der Waals surface area contributed by atoms with Gasteiger partial charge in [0.2, 0.25) is 0 Å². The summed E-state index contributed by atoms with van der Waals surface area (Å²) >= 11 is 0. The number of rotatable bonds is 3. The van der Waals surface area contributed by atoms with E-state index in [1.165, 1.54) is 0 Å². The summed E-state index contributed by atoms with van der Waals surface area (Å²) in [5, 5.41) is 0. The van der Waals surface area contributed by atoms with E-state index in [-0.39, 0.29) is 11.5 Å². The van der Waals surface area contributed by atoms with Gasteiger partial charge < -0.3 is 15.4 Å². The third-order valence-corrected chi connectivity index (χ3v) is 5.38. The van der Waals surface area contributed by atoms with E-state index in [1.54, 1.807) is 7.11 Å². The number of aliphatic imine (C=N–C) groups is 1. The van der Waals surface area contributed by atoms with Crippen molar-refractivity contribution in [1.82, 2.24) is 4.90 Å². The summed E-state index contributed by atoms with van der Waals surface area (Å²) in [7, 11) is -1.35. The Labute approximate surface area is 102 Å². The maximum absolute atomic E-state index is 11.8. The zero-order valence-electron chi connectivity index (χ0n) is 10.1. The molecule has 7 heteroatoms. The second-order valence-corrected chi connectivity index (χ2v) is 6.92. The topological polar surface area (TPSA) is 85.0 Å². The molecular weight excluding hydrogens is 242 g/mol. The fraction of sp³-hybridized carbons (Fsp3) is 0.900. The van der Waals surface area contributed by atoms with Crippen LogP contribution in [0.5, 0.6) is 0 Å². The van der Waals surface area contributed by atoms with Gasteiger partial charge in [-0.2, -0.15) is 0 Å². The Balaban J connectivity index is 2.18. The molecule has 2 aliphatic heterocycles. The predicted molar refractivity (Wildman–Crippen MR) is 65.7 cm³/mol. The summed E-state index contributed by atoms with van der Waals surface area (Å²) in [6, 6.07) is 0. The van der Waals surface area contributed by atoms with Crippen LogP contribution in [0, 0.1) is 0 Å². The first kappa shape index (κ1) is 12.6. The largest absolute Gasteiger partial charge is 0.383 e. The number of nitrogens with two attached hydrogens (primary N) is 1. The maximum Gasteiger partial charge on any atom is 0.191 e. The number of hydrogen-bond donors (Lipinski definition) is 1. The smallest absolute Gasteiger partial charge is 0.191 e. The minimum atomic E-state index is -2.97. The van der Waals surface area contributed by atoms with Crippen molar-refractivity contribution in [3.63, 3.8) is 0 Å². The molecule has 0 aromatic carbocycles. The van der Waals surface area contributed by atoms with Gasteiger partial charge in [0.1, 0.15) is 0 Å². The first-order valence-electron chi connectivity index (χ1n) is 5.76. The summed E-state index contributed by atoms with van der Waals surface area (Å²) in [4.78, 5) is 6.12. The van der Waals surface area contributed by atoms with Gasteiger partial charge in [0, 0.05) is 13.7 Å². The summed E-state index contributed by atoms with van der Waals surface area (Å²) in [6.45, 7) is 1.61. The molecule has 98 valence electrons. The molecule has 2 N–H and O–H groups in total. The fourth-order valence-corrected chi connectivity index (χ4v) is 4.63.